The highest BCUT2D eigenvalue weighted by molar-refractivity contribution is 4.90. The Balaban J connectivity index is 1.31. The fourth-order valence-electron chi connectivity index (χ4n) is 7.60. The molecule has 4 aliphatic rings. The van der Waals surface area contributed by atoms with Gasteiger partial charge in [0.05, 0.1) is 12.2 Å². The summed E-state index contributed by atoms with van der Waals surface area (Å²) in [6, 6.07) is 0. The molecule has 0 heterocycles. The van der Waals surface area contributed by atoms with E-state index in [0.29, 0.717) is 11.8 Å². The summed E-state index contributed by atoms with van der Waals surface area (Å²) in [5, 5.41) is 21.3. The molecule has 0 aromatic heterocycles. The van der Waals surface area contributed by atoms with Crippen molar-refractivity contribution in [2.45, 2.75) is 121 Å². The lowest BCUT2D eigenvalue weighted by molar-refractivity contribution is -0.0154. The molecule has 4 rings (SSSR count). The van der Waals surface area contributed by atoms with Crippen LogP contribution in [0.3, 0.4) is 0 Å². The Morgan fingerprint density at radius 1 is 0.481 bits per heavy atom. The third kappa shape index (κ3) is 5.10. The predicted octanol–water partition coefficient (Wildman–Crippen LogP) is 6.09. The second-order valence-electron chi connectivity index (χ2n) is 10.9. The molecule has 0 amide bonds. The molecule has 27 heavy (non-hydrogen) atoms. The quantitative estimate of drug-likeness (QED) is 0.623. The maximum atomic E-state index is 10.7. The van der Waals surface area contributed by atoms with Crippen LogP contribution in [0.2, 0.25) is 0 Å². The minimum atomic E-state index is -0.0208. The van der Waals surface area contributed by atoms with Gasteiger partial charge in [-0.05, 0) is 80.5 Å². The average molecular weight is 377 g/mol. The Morgan fingerprint density at radius 3 is 1.30 bits per heavy atom. The number of hydrogen-bond donors (Lipinski definition) is 2. The van der Waals surface area contributed by atoms with E-state index in [4.69, 9.17) is 0 Å². The Morgan fingerprint density at radius 2 is 0.889 bits per heavy atom. The van der Waals surface area contributed by atoms with Gasteiger partial charge in [0.1, 0.15) is 0 Å². The van der Waals surface area contributed by atoms with Gasteiger partial charge in [0, 0.05) is 0 Å². The van der Waals surface area contributed by atoms with Crippen LogP contribution >= 0.6 is 0 Å². The molecule has 0 aliphatic heterocycles. The largest absolute Gasteiger partial charge is 0.393 e. The van der Waals surface area contributed by atoms with Crippen molar-refractivity contribution in [3.05, 3.63) is 0 Å². The molecular weight excluding hydrogens is 332 g/mol. The molecule has 2 nitrogen and oxygen atoms in total. The molecule has 6 unspecified atom stereocenters. The van der Waals surface area contributed by atoms with Crippen LogP contribution in [0.25, 0.3) is 0 Å². The highest BCUT2D eigenvalue weighted by atomic mass is 16.3. The molecular formula is C25H44O2. The molecule has 4 fully saturated rings. The van der Waals surface area contributed by atoms with Crippen LogP contribution in [0.5, 0.6) is 0 Å². The van der Waals surface area contributed by atoms with E-state index >= 15 is 0 Å². The first-order valence-corrected chi connectivity index (χ1v) is 12.6. The fraction of sp³-hybridized carbons (Fsp3) is 1.00. The van der Waals surface area contributed by atoms with Gasteiger partial charge in [-0.15, -0.1) is 0 Å². The molecule has 0 aromatic carbocycles. The monoisotopic (exact) mass is 376 g/mol. The van der Waals surface area contributed by atoms with E-state index in [2.05, 4.69) is 0 Å². The average Bonchev–Trinajstić information content (AvgIpc) is 2.72. The third-order valence-corrected chi connectivity index (χ3v) is 9.12. The summed E-state index contributed by atoms with van der Waals surface area (Å²) in [5.74, 6) is 4.47. The topological polar surface area (TPSA) is 40.5 Å². The van der Waals surface area contributed by atoms with Gasteiger partial charge in [-0.25, -0.2) is 0 Å². The Bertz CT molecular complexity index is 398. The Kier molecular flexibility index (Phi) is 7.19. The summed E-state index contributed by atoms with van der Waals surface area (Å²) in [5.41, 5.74) is 0. The first-order valence-electron chi connectivity index (χ1n) is 12.6. The van der Waals surface area contributed by atoms with Crippen molar-refractivity contribution in [2.24, 2.45) is 35.5 Å². The normalized spacial score (nSPS) is 42.9. The van der Waals surface area contributed by atoms with E-state index in [-0.39, 0.29) is 12.2 Å². The SMILES string of the molecule is OC1CCC(CC2CCC(O)C(C3CCCCC3)C2)CC1C1CCCCC1. The second kappa shape index (κ2) is 9.61. The summed E-state index contributed by atoms with van der Waals surface area (Å²) in [4.78, 5) is 0. The van der Waals surface area contributed by atoms with Crippen LogP contribution < -0.4 is 0 Å². The zero-order valence-electron chi connectivity index (χ0n) is 17.5. The van der Waals surface area contributed by atoms with E-state index < -0.39 is 0 Å². The van der Waals surface area contributed by atoms with Crippen LogP contribution in [0, 0.1) is 35.5 Å². The van der Waals surface area contributed by atoms with E-state index in [0.717, 1.165) is 36.5 Å². The zero-order valence-corrected chi connectivity index (χ0v) is 17.5. The van der Waals surface area contributed by atoms with Crippen molar-refractivity contribution >= 4 is 0 Å². The van der Waals surface area contributed by atoms with Gasteiger partial charge < -0.3 is 10.2 Å². The Hall–Kier alpha value is -0.0800. The number of rotatable bonds is 4. The van der Waals surface area contributed by atoms with Crippen LogP contribution in [0.1, 0.15) is 109 Å². The third-order valence-electron chi connectivity index (χ3n) is 9.12. The molecule has 2 heteroatoms. The predicted molar refractivity (Wildman–Crippen MR) is 111 cm³/mol. The molecule has 156 valence electrons. The number of hydrogen-bond acceptors (Lipinski definition) is 2. The molecule has 0 radical (unpaired) electrons. The lowest BCUT2D eigenvalue weighted by atomic mass is 9.64. The van der Waals surface area contributed by atoms with E-state index in [1.54, 1.807) is 0 Å². The van der Waals surface area contributed by atoms with Crippen molar-refractivity contribution in [1.82, 2.24) is 0 Å². The van der Waals surface area contributed by atoms with E-state index in [1.807, 2.05) is 0 Å². The van der Waals surface area contributed by atoms with Gasteiger partial charge in [-0.2, -0.15) is 0 Å². The first kappa shape index (κ1) is 20.2. The lowest BCUT2D eigenvalue weighted by Gasteiger charge is -2.43. The van der Waals surface area contributed by atoms with Gasteiger partial charge in [-0.1, -0.05) is 64.2 Å². The van der Waals surface area contributed by atoms with Gasteiger partial charge in [0.25, 0.3) is 0 Å². The lowest BCUT2D eigenvalue weighted by Crippen LogP contribution is -2.38. The van der Waals surface area contributed by atoms with Crippen LogP contribution in [0.15, 0.2) is 0 Å². The van der Waals surface area contributed by atoms with E-state index in [9.17, 15) is 10.2 Å². The van der Waals surface area contributed by atoms with Gasteiger partial charge in [0.15, 0.2) is 0 Å². The van der Waals surface area contributed by atoms with Gasteiger partial charge >= 0.3 is 0 Å². The van der Waals surface area contributed by atoms with Crippen LogP contribution in [0.4, 0.5) is 0 Å². The second-order valence-corrected chi connectivity index (χ2v) is 10.9. The van der Waals surface area contributed by atoms with Gasteiger partial charge in [-0.3, -0.25) is 0 Å². The molecule has 6 atom stereocenters. The summed E-state index contributed by atoms with van der Waals surface area (Å²) in [7, 11) is 0. The van der Waals surface area contributed by atoms with Crippen molar-refractivity contribution in [3.63, 3.8) is 0 Å². The fourth-order valence-corrected chi connectivity index (χ4v) is 7.60. The summed E-state index contributed by atoms with van der Waals surface area (Å²) < 4.78 is 0. The molecule has 4 aliphatic carbocycles. The standard InChI is InChI=1S/C25H44O2/c26-24-13-11-18(16-22(24)20-7-3-1-4-8-20)15-19-12-14-25(27)23(17-19)21-9-5-2-6-10-21/h18-27H,1-17H2. The smallest absolute Gasteiger partial charge is 0.0571 e. The number of aliphatic hydroxyl groups is 2. The minimum absolute atomic E-state index is 0.0208. The summed E-state index contributed by atoms with van der Waals surface area (Å²) in [6.07, 6.45) is 22.4. The molecule has 0 bridgehead atoms. The van der Waals surface area contributed by atoms with Crippen molar-refractivity contribution in [3.8, 4) is 0 Å². The van der Waals surface area contributed by atoms with Crippen molar-refractivity contribution in [1.29, 1.82) is 0 Å². The van der Waals surface area contributed by atoms with Gasteiger partial charge in [0.2, 0.25) is 0 Å². The molecule has 0 saturated heterocycles. The summed E-state index contributed by atoms with van der Waals surface area (Å²) in [6.45, 7) is 0. The maximum absolute atomic E-state index is 10.7. The van der Waals surface area contributed by atoms with Crippen LogP contribution in [-0.4, -0.2) is 22.4 Å². The summed E-state index contributed by atoms with van der Waals surface area (Å²) >= 11 is 0. The minimum Gasteiger partial charge on any atom is -0.393 e. The first-order chi connectivity index (χ1) is 13.2. The van der Waals surface area contributed by atoms with E-state index in [1.165, 1.54) is 96.3 Å². The zero-order chi connectivity index (χ0) is 18.6. The Labute approximate surface area is 167 Å². The molecule has 4 saturated carbocycles. The number of aliphatic hydroxyl groups excluding tert-OH is 2. The maximum Gasteiger partial charge on any atom is 0.0571 e. The highest BCUT2D eigenvalue weighted by Crippen LogP contribution is 2.46. The molecule has 0 spiro atoms. The van der Waals surface area contributed by atoms with Crippen molar-refractivity contribution < 1.29 is 10.2 Å². The highest BCUT2D eigenvalue weighted by Gasteiger charge is 2.39. The van der Waals surface area contributed by atoms with Crippen molar-refractivity contribution in [2.75, 3.05) is 0 Å². The van der Waals surface area contributed by atoms with Crippen LogP contribution in [-0.2, 0) is 0 Å². The molecule has 0 aromatic rings. The molecule has 2 N–H and O–H groups in total.